The third kappa shape index (κ3) is 9.24. The summed E-state index contributed by atoms with van der Waals surface area (Å²) >= 11 is 0. The maximum atomic E-state index is 13.3. The van der Waals surface area contributed by atoms with Gasteiger partial charge in [0.05, 0.1) is 23.3 Å². The van der Waals surface area contributed by atoms with Crippen LogP contribution >= 0.6 is 0 Å². The number of aromatic nitrogens is 2. The third-order valence-electron chi connectivity index (χ3n) is 7.74. The van der Waals surface area contributed by atoms with Crippen molar-refractivity contribution in [2.24, 2.45) is 11.3 Å². The van der Waals surface area contributed by atoms with Crippen molar-refractivity contribution < 1.29 is 32.6 Å². The van der Waals surface area contributed by atoms with Gasteiger partial charge in [-0.15, -0.1) is 0 Å². The van der Waals surface area contributed by atoms with Gasteiger partial charge in [-0.3, -0.25) is 4.79 Å². The highest BCUT2D eigenvalue weighted by Gasteiger charge is 2.33. The number of carboxylic acids is 1. The monoisotopic (exact) mass is 638 g/mol. The number of rotatable bonds is 13. The Bertz CT molecular complexity index is 1630. The number of aromatic carboxylic acids is 1. The molecule has 0 spiro atoms. The van der Waals surface area contributed by atoms with Crippen LogP contribution in [0.2, 0.25) is 0 Å². The number of methoxy groups -OCH3 is 1. The first-order chi connectivity index (χ1) is 21.1. The molecule has 0 bridgehead atoms. The number of ether oxygens (including phenoxy) is 2. The van der Waals surface area contributed by atoms with Crippen molar-refractivity contribution in [3.63, 3.8) is 0 Å². The molecule has 1 unspecified atom stereocenters. The van der Waals surface area contributed by atoms with E-state index in [1.807, 2.05) is 32.0 Å². The van der Waals surface area contributed by atoms with E-state index in [1.165, 1.54) is 25.3 Å². The first kappa shape index (κ1) is 33.9. The molecule has 242 valence electrons. The number of hydrogen-bond donors (Lipinski definition) is 3. The highest BCUT2D eigenvalue weighted by Crippen LogP contribution is 2.33. The van der Waals surface area contributed by atoms with Gasteiger partial charge in [-0.05, 0) is 73.8 Å². The molecule has 3 aromatic rings. The Balaban J connectivity index is 1.60. The van der Waals surface area contributed by atoms with Crippen LogP contribution in [0.4, 0.5) is 5.95 Å². The lowest BCUT2D eigenvalue weighted by atomic mass is 9.77. The van der Waals surface area contributed by atoms with Gasteiger partial charge in [0.15, 0.2) is 0 Å². The Labute approximate surface area is 264 Å². The Morgan fingerprint density at radius 2 is 1.71 bits per heavy atom. The van der Waals surface area contributed by atoms with Crippen molar-refractivity contribution >= 4 is 27.9 Å². The van der Waals surface area contributed by atoms with Crippen LogP contribution in [0.15, 0.2) is 53.4 Å². The number of carbonyl (C=O) groups excluding carboxylic acids is 1. The summed E-state index contributed by atoms with van der Waals surface area (Å²) in [7, 11) is -2.82. The van der Waals surface area contributed by atoms with Gasteiger partial charge < -0.3 is 19.9 Å². The highest BCUT2D eigenvalue weighted by atomic mass is 32.2. The average Bonchev–Trinajstić information content (AvgIpc) is 2.93. The number of carboxylic acid groups (broad SMARTS) is 1. The molecule has 45 heavy (non-hydrogen) atoms. The van der Waals surface area contributed by atoms with Crippen LogP contribution in [-0.4, -0.2) is 61.2 Å². The zero-order chi connectivity index (χ0) is 32.9. The molecular formula is C33H42N4O7S. The number of nitrogens with zero attached hydrogens (tertiary/aromatic N) is 2. The number of benzene rings is 2. The number of esters is 1. The smallest absolute Gasteiger partial charge is 0.335 e. The molecule has 0 amide bonds. The zero-order valence-electron chi connectivity index (χ0n) is 26.6. The van der Waals surface area contributed by atoms with E-state index in [2.05, 4.69) is 40.8 Å². The van der Waals surface area contributed by atoms with Gasteiger partial charge in [-0.1, -0.05) is 45.0 Å². The fraction of sp³-hybridized carbons (Fsp3) is 0.455. The van der Waals surface area contributed by atoms with Gasteiger partial charge in [-0.25, -0.2) is 22.9 Å². The minimum Gasteiger partial charge on any atom is -0.478 e. The maximum absolute atomic E-state index is 13.3. The molecule has 1 heterocycles. The van der Waals surface area contributed by atoms with Crippen LogP contribution in [0.1, 0.15) is 67.9 Å². The molecule has 1 fully saturated rings. The van der Waals surface area contributed by atoms with Crippen LogP contribution in [0.5, 0.6) is 5.88 Å². The van der Waals surface area contributed by atoms with E-state index < -0.39 is 16.0 Å². The molecule has 0 aliphatic heterocycles. The Morgan fingerprint density at radius 3 is 2.33 bits per heavy atom. The van der Waals surface area contributed by atoms with Crippen molar-refractivity contribution in [1.29, 1.82) is 0 Å². The minimum absolute atomic E-state index is 0.00340. The highest BCUT2D eigenvalue weighted by molar-refractivity contribution is 7.92. The van der Waals surface area contributed by atoms with Gasteiger partial charge in [0.25, 0.3) is 10.0 Å². The van der Waals surface area contributed by atoms with E-state index in [4.69, 9.17) is 9.47 Å². The summed E-state index contributed by atoms with van der Waals surface area (Å²) in [5, 5.41) is 13.0. The van der Waals surface area contributed by atoms with Crippen LogP contribution in [0.3, 0.4) is 0 Å². The lowest BCUT2D eigenvalue weighted by Gasteiger charge is -2.39. The summed E-state index contributed by atoms with van der Waals surface area (Å²) in [6.07, 6.45) is 2.96. The zero-order valence-corrected chi connectivity index (χ0v) is 27.4. The second kappa shape index (κ2) is 13.9. The van der Waals surface area contributed by atoms with Crippen LogP contribution in [-0.2, 0) is 19.6 Å². The van der Waals surface area contributed by atoms with E-state index in [0.29, 0.717) is 18.0 Å². The van der Waals surface area contributed by atoms with E-state index in [0.717, 1.165) is 42.0 Å². The van der Waals surface area contributed by atoms with Crippen LogP contribution < -0.4 is 14.8 Å². The number of sulfonamides is 1. The van der Waals surface area contributed by atoms with E-state index >= 15 is 0 Å². The number of nitrogens with one attached hydrogen (secondary N) is 2. The van der Waals surface area contributed by atoms with Gasteiger partial charge in [0, 0.05) is 30.1 Å². The summed E-state index contributed by atoms with van der Waals surface area (Å²) in [5.41, 5.74) is 3.04. The van der Waals surface area contributed by atoms with Crippen molar-refractivity contribution in [2.75, 3.05) is 18.4 Å². The predicted molar refractivity (Wildman–Crippen MR) is 171 cm³/mol. The first-order valence-electron chi connectivity index (χ1n) is 14.9. The summed E-state index contributed by atoms with van der Waals surface area (Å²) in [6, 6.07) is 12.8. The standard InChI is InChI=1S/C33H42N4O7S/c1-20-9-7-10-21(2)30(20)27-17-28(36-32(35-27)37-45(41,42)26-12-8-11-23(16-26)31(39)40)44-19-25(18-33(3,4)5)34-24-13-22(14-24)15-29(38)43-6/h7-12,16-17,22,24-25,34H,13-15,18-19H2,1-6H3,(H,39,40)(H,35,36,37). The molecular weight excluding hydrogens is 596 g/mol. The van der Waals surface area contributed by atoms with Crippen LogP contribution in [0.25, 0.3) is 11.3 Å². The van der Waals surface area contributed by atoms with Crippen molar-refractivity contribution in [2.45, 2.75) is 77.3 Å². The topological polar surface area (TPSA) is 157 Å². The lowest BCUT2D eigenvalue weighted by molar-refractivity contribution is -0.142. The molecule has 4 rings (SSSR count). The summed E-state index contributed by atoms with van der Waals surface area (Å²) < 4.78 is 40.1. The fourth-order valence-corrected chi connectivity index (χ4v) is 6.64. The third-order valence-corrected chi connectivity index (χ3v) is 9.06. The molecule has 11 nitrogen and oxygen atoms in total. The minimum atomic E-state index is -4.23. The first-order valence-corrected chi connectivity index (χ1v) is 16.4. The number of hydrogen-bond acceptors (Lipinski definition) is 9. The molecule has 1 aromatic heterocycles. The van der Waals surface area contributed by atoms with Gasteiger partial charge in [0.2, 0.25) is 11.8 Å². The van der Waals surface area contributed by atoms with E-state index in [9.17, 15) is 23.1 Å². The van der Waals surface area contributed by atoms with E-state index in [-0.39, 0.29) is 52.4 Å². The number of aryl methyl sites for hydroxylation is 2. The quantitative estimate of drug-likeness (QED) is 0.208. The fourth-order valence-electron chi connectivity index (χ4n) is 5.65. The molecule has 1 aliphatic rings. The molecule has 3 N–H and O–H groups in total. The van der Waals surface area contributed by atoms with Crippen molar-refractivity contribution in [3.8, 4) is 17.1 Å². The number of anilines is 1. The lowest BCUT2D eigenvalue weighted by Crippen LogP contribution is -2.50. The molecule has 2 aromatic carbocycles. The molecule has 1 aliphatic carbocycles. The maximum Gasteiger partial charge on any atom is 0.335 e. The van der Waals surface area contributed by atoms with Crippen LogP contribution in [0, 0.1) is 25.2 Å². The predicted octanol–water partition coefficient (Wildman–Crippen LogP) is 5.37. The molecule has 12 heteroatoms. The molecule has 1 saturated carbocycles. The Hall–Kier alpha value is -4.03. The number of carbonyl (C=O) groups is 2. The Morgan fingerprint density at radius 1 is 1.04 bits per heavy atom. The summed E-state index contributed by atoms with van der Waals surface area (Å²) in [5.74, 6) is -1.15. The SMILES string of the molecule is COC(=O)CC1CC(NC(COc2cc(-c3c(C)cccc3C)nc(NS(=O)(=O)c3cccc(C(=O)O)c3)n2)CC(C)(C)C)C1. The normalized spacial score (nSPS) is 17.2. The van der Waals surface area contributed by atoms with Gasteiger partial charge in [0.1, 0.15) is 6.61 Å². The van der Waals surface area contributed by atoms with Gasteiger partial charge >= 0.3 is 11.9 Å². The Kier molecular flexibility index (Phi) is 10.5. The van der Waals surface area contributed by atoms with Crippen molar-refractivity contribution in [1.82, 2.24) is 15.3 Å². The summed E-state index contributed by atoms with van der Waals surface area (Å²) in [4.78, 5) is 31.8. The van der Waals surface area contributed by atoms with E-state index in [1.54, 1.807) is 6.07 Å². The van der Waals surface area contributed by atoms with Crippen molar-refractivity contribution in [3.05, 3.63) is 65.2 Å². The second-order valence-electron chi connectivity index (χ2n) is 12.9. The van der Waals surface area contributed by atoms with Gasteiger partial charge in [-0.2, -0.15) is 4.98 Å². The molecule has 0 radical (unpaired) electrons. The summed E-state index contributed by atoms with van der Waals surface area (Å²) in [6.45, 7) is 10.6. The molecule has 0 saturated heterocycles. The molecule has 1 atom stereocenters. The largest absolute Gasteiger partial charge is 0.478 e. The second-order valence-corrected chi connectivity index (χ2v) is 14.6. The average molecular weight is 639 g/mol.